The molecule has 37 heavy (non-hydrogen) atoms. The van der Waals surface area contributed by atoms with Crippen molar-refractivity contribution in [2.75, 3.05) is 23.7 Å². The molecule has 2 unspecified atom stereocenters. The molecule has 1 aromatic carbocycles. The molecule has 2 amide bonds. The second kappa shape index (κ2) is 8.92. The van der Waals surface area contributed by atoms with Crippen molar-refractivity contribution in [2.45, 2.75) is 57.2 Å². The molecule has 2 saturated heterocycles. The van der Waals surface area contributed by atoms with Crippen LogP contribution in [0.2, 0.25) is 0 Å². The zero-order valence-electron chi connectivity index (χ0n) is 20.5. The molecule has 6 rings (SSSR count). The molecule has 10 heteroatoms. The highest BCUT2D eigenvalue weighted by Crippen LogP contribution is 2.37. The summed E-state index contributed by atoms with van der Waals surface area (Å²) < 4.78 is 0. The van der Waals surface area contributed by atoms with Gasteiger partial charge in [0.15, 0.2) is 0 Å². The minimum atomic E-state index is -0.852. The van der Waals surface area contributed by atoms with Gasteiger partial charge in [0.2, 0.25) is 0 Å². The minimum absolute atomic E-state index is 0.0288. The molecule has 190 valence electrons. The average molecular weight is 517 g/mol. The second-order valence-electron chi connectivity index (χ2n) is 10.3. The topological polar surface area (TPSA) is 136 Å². The number of rotatable bonds is 3. The van der Waals surface area contributed by atoms with Crippen molar-refractivity contribution in [3.63, 3.8) is 0 Å². The van der Waals surface area contributed by atoms with E-state index in [0.29, 0.717) is 35.6 Å². The summed E-state index contributed by atoms with van der Waals surface area (Å²) in [5.74, 6) is -0.185. The van der Waals surface area contributed by atoms with Crippen molar-refractivity contribution in [3.05, 3.63) is 51.5 Å². The molecule has 3 aliphatic rings. The molecule has 2 aliphatic heterocycles. The molecule has 9 nitrogen and oxygen atoms in total. The second-order valence-corrected chi connectivity index (χ2v) is 11.3. The van der Waals surface area contributed by atoms with Crippen LogP contribution in [-0.4, -0.2) is 58.2 Å². The van der Waals surface area contributed by atoms with Gasteiger partial charge in [0.25, 0.3) is 5.91 Å². The summed E-state index contributed by atoms with van der Waals surface area (Å²) in [6, 6.07) is 10.1. The fraction of sp³-hybridized carbons (Fsp3) is 0.407. The zero-order valence-corrected chi connectivity index (χ0v) is 21.3. The quantitative estimate of drug-likeness (QED) is 0.483. The highest BCUT2D eigenvalue weighted by molar-refractivity contribution is 7.21. The summed E-state index contributed by atoms with van der Waals surface area (Å²) in [6.07, 6.45) is 3.11. The van der Waals surface area contributed by atoms with E-state index in [-0.39, 0.29) is 24.0 Å². The summed E-state index contributed by atoms with van der Waals surface area (Å²) in [6.45, 7) is 3.13. The third-order valence-electron chi connectivity index (χ3n) is 7.99. The Morgan fingerprint density at radius 1 is 1.19 bits per heavy atom. The lowest BCUT2D eigenvalue weighted by molar-refractivity contribution is 0.0938. The molecular weight excluding hydrogens is 488 g/mol. The third-order valence-corrected chi connectivity index (χ3v) is 9.10. The number of pyridine rings is 1. The number of piperazine rings is 1. The van der Waals surface area contributed by atoms with Gasteiger partial charge in [-0.2, -0.15) is 5.26 Å². The predicted molar refractivity (Wildman–Crippen MR) is 142 cm³/mol. The lowest BCUT2D eigenvalue weighted by Crippen LogP contribution is -2.55. The van der Waals surface area contributed by atoms with Crippen molar-refractivity contribution in [1.29, 1.82) is 5.26 Å². The first-order valence-electron chi connectivity index (χ1n) is 12.6. The molecule has 4 N–H and O–H groups in total. The van der Waals surface area contributed by atoms with E-state index < -0.39 is 6.09 Å². The largest absolute Gasteiger partial charge is 0.465 e. The van der Waals surface area contributed by atoms with Gasteiger partial charge < -0.3 is 21.1 Å². The molecule has 2 bridgehead atoms. The summed E-state index contributed by atoms with van der Waals surface area (Å²) in [5, 5.41) is 23.5. The number of benzene rings is 1. The minimum Gasteiger partial charge on any atom is -0.465 e. The predicted octanol–water partition coefficient (Wildman–Crippen LogP) is 3.68. The molecule has 3 atom stereocenters. The summed E-state index contributed by atoms with van der Waals surface area (Å²) in [7, 11) is 0. The van der Waals surface area contributed by atoms with E-state index in [1.165, 1.54) is 16.9 Å². The van der Waals surface area contributed by atoms with Crippen LogP contribution < -0.4 is 16.0 Å². The Kier molecular flexibility index (Phi) is 5.68. The number of nitrogens with zero attached hydrogens (tertiary/aromatic N) is 4. The third kappa shape index (κ3) is 4.03. The molecule has 4 heterocycles. The van der Waals surface area contributed by atoms with Crippen LogP contribution in [0.5, 0.6) is 0 Å². The number of amides is 2. The number of carboxylic acid groups (broad SMARTS) is 1. The number of carbonyl (C=O) groups is 2. The van der Waals surface area contributed by atoms with Gasteiger partial charge in [-0.3, -0.25) is 9.69 Å². The molecule has 2 aromatic heterocycles. The van der Waals surface area contributed by atoms with Crippen molar-refractivity contribution in [3.8, 4) is 6.07 Å². The summed E-state index contributed by atoms with van der Waals surface area (Å²) in [5.41, 5.74) is 11.4. The Balaban J connectivity index is 1.20. The number of aromatic nitrogens is 1. The van der Waals surface area contributed by atoms with Gasteiger partial charge in [-0.1, -0.05) is 0 Å². The zero-order chi connectivity index (χ0) is 25.8. The first-order valence-corrected chi connectivity index (χ1v) is 13.4. The Morgan fingerprint density at radius 3 is 2.65 bits per heavy atom. The van der Waals surface area contributed by atoms with E-state index >= 15 is 0 Å². The molecule has 2 fully saturated rings. The number of thiophene rings is 1. The highest BCUT2D eigenvalue weighted by atomic mass is 32.1. The summed E-state index contributed by atoms with van der Waals surface area (Å²) >= 11 is 1.31. The van der Waals surface area contributed by atoms with E-state index in [1.807, 2.05) is 25.1 Å². The summed E-state index contributed by atoms with van der Waals surface area (Å²) in [4.78, 5) is 34.3. The molecule has 0 radical (unpaired) electrons. The van der Waals surface area contributed by atoms with Gasteiger partial charge >= 0.3 is 6.09 Å². The van der Waals surface area contributed by atoms with E-state index in [0.717, 1.165) is 52.8 Å². The first-order chi connectivity index (χ1) is 17.8. The Labute approximate surface area is 218 Å². The Morgan fingerprint density at radius 2 is 1.95 bits per heavy atom. The smallest absolute Gasteiger partial charge is 0.407 e. The van der Waals surface area contributed by atoms with Gasteiger partial charge in [0.1, 0.15) is 15.8 Å². The van der Waals surface area contributed by atoms with Gasteiger partial charge in [-0.25, -0.2) is 9.78 Å². The van der Waals surface area contributed by atoms with Gasteiger partial charge in [0, 0.05) is 30.2 Å². The van der Waals surface area contributed by atoms with E-state index in [4.69, 9.17) is 5.73 Å². The van der Waals surface area contributed by atoms with Gasteiger partial charge in [-0.15, -0.1) is 11.3 Å². The SMILES string of the molecule is Cc1ccc2c(N)c(C(=O)N[C@H]3CCc4cc(N5CC6CCC(C5)N6C(=O)O)c(C#N)cc4C3)sc2n1. The van der Waals surface area contributed by atoms with Crippen LogP contribution in [0.15, 0.2) is 24.3 Å². The van der Waals surface area contributed by atoms with Crippen LogP contribution >= 0.6 is 11.3 Å². The van der Waals surface area contributed by atoms with Crippen molar-refractivity contribution in [2.24, 2.45) is 0 Å². The number of fused-ring (bicyclic) bond motifs is 4. The number of hydrogen-bond donors (Lipinski definition) is 3. The number of hydrogen-bond acceptors (Lipinski definition) is 7. The van der Waals surface area contributed by atoms with E-state index in [1.54, 1.807) is 4.90 Å². The Hall–Kier alpha value is -3.84. The van der Waals surface area contributed by atoms with E-state index in [2.05, 4.69) is 27.3 Å². The maximum Gasteiger partial charge on any atom is 0.407 e. The van der Waals surface area contributed by atoms with Gasteiger partial charge in [-0.05, 0) is 74.4 Å². The average Bonchev–Trinajstić information content (AvgIpc) is 3.35. The van der Waals surface area contributed by atoms with E-state index in [9.17, 15) is 20.0 Å². The van der Waals surface area contributed by atoms with Crippen molar-refractivity contribution >= 4 is 44.9 Å². The fourth-order valence-electron chi connectivity index (χ4n) is 6.19. The van der Waals surface area contributed by atoms with Crippen LogP contribution in [0.1, 0.15) is 51.3 Å². The lowest BCUT2D eigenvalue weighted by Gasteiger charge is -2.41. The maximum absolute atomic E-state index is 13.1. The van der Waals surface area contributed by atoms with Crippen LogP contribution in [0.3, 0.4) is 0 Å². The molecule has 0 saturated carbocycles. The highest BCUT2D eigenvalue weighted by Gasteiger charge is 2.43. The number of aryl methyl sites for hydroxylation is 2. The lowest BCUT2D eigenvalue weighted by atomic mass is 9.86. The number of carbonyl (C=O) groups excluding carboxylic acids is 1. The van der Waals surface area contributed by atoms with Gasteiger partial charge in [0.05, 0.1) is 29.0 Å². The normalized spacial score (nSPS) is 22.5. The number of nitrogen functional groups attached to an aromatic ring is 1. The Bertz CT molecular complexity index is 1460. The molecule has 3 aromatic rings. The van der Waals surface area contributed by atoms with Crippen molar-refractivity contribution < 1.29 is 14.7 Å². The van der Waals surface area contributed by atoms with Crippen LogP contribution in [0.25, 0.3) is 10.2 Å². The van der Waals surface area contributed by atoms with Crippen LogP contribution in [0.4, 0.5) is 16.2 Å². The monoisotopic (exact) mass is 516 g/mol. The molecule has 1 aliphatic carbocycles. The number of nitrogens with two attached hydrogens (primary N) is 1. The molecular formula is C27H28N6O3S. The number of nitrogens with one attached hydrogen (secondary N) is 1. The molecule has 0 spiro atoms. The fourth-order valence-corrected chi connectivity index (χ4v) is 7.23. The standard InChI is InChI=1S/C27H28N6O3S/c1-14-2-7-21-23(29)24(37-26(21)30-14)25(34)31-18-4-3-15-10-22(17(11-28)8-16(15)9-18)32-12-19-5-6-20(13-32)33(19)27(35)36/h2,7-8,10,18-20H,3-6,9,12-13,29H2,1H3,(H,31,34)(H,35,36)/t18-,19?,20?/m0/s1. The number of nitriles is 1. The van der Waals surface area contributed by atoms with Crippen molar-refractivity contribution in [1.82, 2.24) is 15.2 Å². The van der Waals surface area contributed by atoms with Crippen LogP contribution in [-0.2, 0) is 12.8 Å². The van der Waals surface area contributed by atoms with Crippen LogP contribution in [0, 0.1) is 18.3 Å². The maximum atomic E-state index is 13.1. The number of anilines is 2. The first kappa shape index (κ1) is 23.6.